The summed E-state index contributed by atoms with van der Waals surface area (Å²) in [6, 6.07) is 4.96. The largest absolute Gasteiger partial charge is 0.416 e. The molecule has 96 valence electrons. The van der Waals surface area contributed by atoms with E-state index in [4.69, 9.17) is 5.73 Å². The third-order valence-corrected chi connectivity index (χ3v) is 2.96. The van der Waals surface area contributed by atoms with Gasteiger partial charge in [-0.3, -0.25) is 0 Å². The molecule has 1 rings (SSSR count). The lowest BCUT2D eigenvalue weighted by atomic mass is 9.91. The molecule has 1 aromatic rings. The first-order valence-corrected chi connectivity index (χ1v) is 5.79. The molecule has 1 nitrogen and oxygen atoms in total. The van der Waals surface area contributed by atoms with Gasteiger partial charge < -0.3 is 5.73 Å². The molecule has 2 N–H and O–H groups in total. The zero-order valence-corrected chi connectivity index (χ0v) is 10.1. The van der Waals surface area contributed by atoms with Gasteiger partial charge in [-0.1, -0.05) is 32.4 Å². The number of alkyl halides is 3. The predicted octanol–water partition coefficient (Wildman–Crippen LogP) is 4.14. The standard InChI is InChI=1S/C13H18F3N/c1-3-5-9(2)12(17)10-6-4-7-11(8-10)13(14,15)16/h4,6-9,12H,3,5,17H2,1-2H3. The Balaban J connectivity index is 2.92. The molecule has 0 fully saturated rings. The molecule has 0 aliphatic carbocycles. The van der Waals surface area contributed by atoms with Crippen molar-refractivity contribution in [3.05, 3.63) is 35.4 Å². The van der Waals surface area contributed by atoms with E-state index in [2.05, 4.69) is 0 Å². The van der Waals surface area contributed by atoms with Crippen molar-refractivity contribution in [2.24, 2.45) is 11.7 Å². The molecule has 0 radical (unpaired) electrons. The van der Waals surface area contributed by atoms with Gasteiger partial charge >= 0.3 is 6.18 Å². The van der Waals surface area contributed by atoms with Crippen molar-refractivity contribution in [1.29, 1.82) is 0 Å². The van der Waals surface area contributed by atoms with E-state index in [9.17, 15) is 13.2 Å². The minimum Gasteiger partial charge on any atom is -0.324 e. The Bertz CT molecular complexity index is 360. The van der Waals surface area contributed by atoms with Crippen LogP contribution in [0.1, 0.15) is 43.9 Å². The summed E-state index contributed by atoms with van der Waals surface area (Å²) in [5.74, 6) is 0.184. The fourth-order valence-corrected chi connectivity index (χ4v) is 1.89. The maximum Gasteiger partial charge on any atom is 0.416 e. The second kappa shape index (κ2) is 5.54. The Morgan fingerprint density at radius 1 is 1.29 bits per heavy atom. The Kier molecular flexibility index (Phi) is 4.57. The van der Waals surface area contributed by atoms with Gasteiger partial charge in [-0.25, -0.2) is 0 Å². The van der Waals surface area contributed by atoms with Crippen LogP contribution in [0.4, 0.5) is 13.2 Å². The Labute approximate surface area is 99.8 Å². The minimum absolute atomic E-state index is 0.184. The van der Waals surface area contributed by atoms with Gasteiger partial charge in [-0.2, -0.15) is 13.2 Å². The van der Waals surface area contributed by atoms with E-state index in [1.807, 2.05) is 13.8 Å². The highest BCUT2D eigenvalue weighted by atomic mass is 19.4. The van der Waals surface area contributed by atoms with Crippen LogP contribution in [0.15, 0.2) is 24.3 Å². The van der Waals surface area contributed by atoms with Crippen molar-refractivity contribution in [3.8, 4) is 0 Å². The van der Waals surface area contributed by atoms with Gasteiger partial charge in [-0.05, 0) is 30.0 Å². The Morgan fingerprint density at radius 2 is 1.94 bits per heavy atom. The smallest absolute Gasteiger partial charge is 0.324 e. The van der Waals surface area contributed by atoms with Crippen LogP contribution in [0.2, 0.25) is 0 Å². The molecular weight excluding hydrogens is 227 g/mol. The van der Waals surface area contributed by atoms with Crippen LogP contribution < -0.4 is 5.73 Å². The van der Waals surface area contributed by atoms with Crippen LogP contribution in [0.5, 0.6) is 0 Å². The summed E-state index contributed by atoms with van der Waals surface area (Å²) in [7, 11) is 0. The van der Waals surface area contributed by atoms with Crippen molar-refractivity contribution in [1.82, 2.24) is 0 Å². The van der Waals surface area contributed by atoms with Gasteiger partial charge in [0.2, 0.25) is 0 Å². The third kappa shape index (κ3) is 3.73. The second-order valence-corrected chi connectivity index (χ2v) is 4.41. The summed E-state index contributed by atoms with van der Waals surface area (Å²) in [6.07, 6.45) is -2.41. The monoisotopic (exact) mass is 245 g/mol. The van der Waals surface area contributed by atoms with Crippen molar-refractivity contribution in [2.75, 3.05) is 0 Å². The Hall–Kier alpha value is -1.03. The highest BCUT2D eigenvalue weighted by Gasteiger charge is 2.31. The molecule has 4 heteroatoms. The number of halogens is 3. The van der Waals surface area contributed by atoms with Gasteiger partial charge in [0.15, 0.2) is 0 Å². The predicted molar refractivity (Wildman–Crippen MR) is 62.4 cm³/mol. The molecular formula is C13H18F3N. The number of hydrogen-bond acceptors (Lipinski definition) is 1. The van der Waals surface area contributed by atoms with Crippen molar-refractivity contribution < 1.29 is 13.2 Å². The van der Waals surface area contributed by atoms with E-state index in [1.165, 1.54) is 6.07 Å². The molecule has 1 aromatic carbocycles. The summed E-state index contributed by atoms with van der Waals surface area (Å²) in [6.45, 7) is 4.00. The summed E-state index contributed by atoms with van der Waals surface area (Å²) >= 11 is 0. The molecule has 2 atom stereocenters. The van der Waals surface area contributed by atoms with Gasteiger partial charge in [0.1, 0.15) is 0 Å². The summed E-state index contributed by atoms with van der Waals surface area (Å²) in [5, 5.41) is 0. The minimum atomic E-state index is -4.30. The lowest BCUT2D eigenvalue weighted by molar-refractivity contribution is -0.137. The molecule has 0 aliphatic heterocycles. The molecule has 0 saturated carbocycles. The number of rotatable bonds is 4. The van der Waals surface area contributed by atoms with Gasteiger partial charge in [0.05, 0.1) is 5.56 Å². The van der Waals surface area contributed by atoms with Crippen LogP contribution in [0.25, 0.3) is 0 Å². The average molecular weight is 245 g/mol. The SMILES string of the molecule is CCCC(C)C(N)c1cccc(C(F)(F)F)c1. The lowest BCUT2D eigenvalue weighted by Crippen LogP contribution is -2.19. The summed E-state index contributed by atoms with van der Waals surface area (Å²) in [5.41, 5.74) is 5.90. The quantitative estimate of drug-likeness (QED) is 0.847. The van der Waals surface area contributed by atoms with E-state index in [1.54, 1.807) is 6.07 Å². The molecule has 0 bridgehead atoms. The van der Waals surface area contributed by atoms with Crippen LogP contribution >= 0.6 is 0 Å². The average Bonchev–Trinajstić information content (AvgIpc) is 2.27. The van der Waals surface area contributed by atoms with E-state index < -0.39 is 11.7 Å². The number of benzene rings is 1. The fraction of sp³-hybridized carbons (Fsp3) is 0.538. The fourth-order valence-electron chi connectivity index (χ4n) is 1.89. The van der Waals surface area contributed by atoms with E-state index in [0.29, 0.717) is 5.56 Å². The zero-order valence-electron chi connectivity index (χ0n) is 10.1. The van der Waals surface area contributed by atoms with E-state index >= 15 is 0 Å². The van der Waals surface area contributed by atoms with Crippen molar-refractivity contribution >= 4 is 0 Å². The van der Waals surface area contributed by atoms with E-state index in [-0.39, 0.29) is 12.0 Å². The highest BCUT2D eigenvalue weighted by Crippen LogP contribution is 2.32. The highest BCUT2D eigenvalue weighted by molar-refractivity contribution is 5.28. The first kappa shape index (κ1) is 14.0. The van der Waals surface area contributed by atoms with Gasteiger partial charge in [-0.15, -0.1) is 0 Å². The second-order valence-electron chi connectivity index (χ2n) is 4.41. The number of hydrogen-bond donors (Lipinski definition) is 1. The van der Waals surface area contributed by atoms with Gasteiger partial charge in [0.25, 0.3) is 0 Å². The first-order chi connectivity index (χ1) is 7.86. The lowest BCUT2D eigenvalue weighted by Gasteiger charge is -2.20. The molecule has 0 heterocycles. The topological polar surface area (TPSA) is 26.0 Å². The Morgan fingerprint density at radius 3 is 2.47 bits per heavy atom. The molecule has 17 heavy (non-hydrogen) atoms. The molecule has 2 unspecified atom stereocenters. The summed E-state index contributed by atoms with van der Waals surface area (Å²) in [4.78, 5) is 0. The normalized spacial score (nSPS) is 15.6. The zero-order chi connectivity index (χ0) is 13.1. The number of nitrogens with two attached hydrogens (primary N) is 1. The molecule has 0 amide bonds. The van der Waals surface area contributed by atoms with Crippen LogP contribution in [0, 0.1) is 5.92 Å². The van der Waals surface area contributed by atoms with Crippen LogP contribution in [0.3, 0.4) is 0 Å². The molecule has 0 aromatic heterocycles. The third-order valence-electron chi connectivity index (χ3n) is 2.96. The maximum absolute atomic E-state index is 12.5. The van der Waals surface area contributed by atoms with Crippen LogP contribution in [-0.4, -0.2) is 0 Å². The molecule has 0 aliphatic rings. The van der Waals surface area contributed by atoms with Crippen molar-refractivity contribution in [2.45, 2.75) is 38.9 Å². The summed E-state index contributed by atoms with van der Waals surface area (Å²) < 4.78 is 37.6. The van der Waals surface area contributed by atoms with Gasteiger partial charge in [0, 0.05) is 6.04 Å². The van der Waals surface area contributed by atoms with Crippen LogP contribution in [-0.2, 0) is 6.18 Å². The van der Waals surface area contributed by atoms with Crippen molar-refractivity contribution in [3.63, 3.8) is 0 Å². The molecule has 0 saturated heterocycles. The maximum atomic E-state index is 12.5. The molecule has 0 spiro atoms. The first-order valence-electron chi connectivity index (χ1n) is 5.79. The van der Waals surface area contributed by atoms with E-state index in [0.717, 1.165) is 25.0 Å².